The van der Waals surface area contributed by atoms with Gasteiger partial charge in [0, 0.05) is 0 Å². The van der Waals surface area contributed by atoms with E-state index < -0.39 is 0 Å². The van der Waals surface area contributed by atoms with Gasteiger partial charge in [-0.05, 0) is 35.0 Å². The molecule has 0 N–H and O–H groups in total. The van der Waals surface area contributed by atoms with Gasteiger partial charge in [0.2, 0.25) is 0 Å². The van der Waals surface area contributed by atoms with Gasteiger partial charge in [-0.15, -0.1) is 0 Å². The molecule has 0 bridgehead atoms. The normalized spacial score (nSPS) is 12.0. The quantitative estimate of drug-likeness (QED) is 0.209. The molecule has 0 amide bonds. The molecule has 0 saturated heterocycles. The molecule has 0 aliphatic carbocycles. The molecule has 0 fully saturated rings. The van der Waals surface area contributed by atoms with Crippen molar-refractivity contribution in [3.05, 3.63) is 34.4 Å². The number of benzene rings is 1. The maximum atomic E-state index is 4.61. The van der Waals surface area contributed by atoms with Gasteiger partial charge < -0.3 is 0 Å². The Morgan fingerprint density at radius 1 is 0.731 bits per heavy atom. The van der Waals surface area contributed by atoms with Crippen LogP contribution in [0.5, 0.6) is 0 Å². The Hall–Kier alpha value is 1.06. The van der Waals surface area contributed by atoms with Crippen LogP contribution in [0, 0.1) is 19.9 Å². The van der Waals surface area contributed by atoms with Crippen LogP contribution in [0.3, 0.4) is 0 Å². The fourth-order valence-electron chi connectivity index (χ4n) is 3.49. The molecule has 0 aliphatic rings. The van der Waals surface area contributed by atoms with Crippen LogP contribution in [-0.4, -0.2) is 22.6 Å². The standard InChI is InChI=1S/C22H39P2.ClH.Pt/c1-15(2)23(16(3)4)13-21-12-22(20(10)11-19(21)9)14-24(17(5)6)18(7)8;;/h11,15-18H,13-14H2,1-10H3;1H;/q-1;;+2/p-1. The summed E-state index contributed by atoms with van der Waals surface area (Å²) in [4.78, 5) is 0. The van der Waals surface area contributed by atoms with Gasteiger partial charge in [0.1, 0.15) is 0 Å². The SMILES string of the molecule is Cc1cc(C)c(CP(C(C)C)C(C)C)[c-]c1CP(C(C)C)C(C)C.[Cl][Pt+]. The average molecular weight is 596 g/mol. The summed E-state index contributed by atoms with van der Waals surface area (Å²) in [5.41, 5.74) is 9.05. The van der Waals surface area contributed by atoms with Gasteiger partial charge in [0.15, 0.2) is 0 Å². The Morgan fingerprint density at radius 2 is 1.00 bits per heavy atom. The zero-order chi connectivity index (χ0) is 20.6. The fourth-order valence-corrected chi connectivity index (χ4v) is 8.73. The maximum absolute atomic E-state index is 4.61. The molecule has 0 aliphatic heterocycles. The van der Waals surface area contributed by atoms with Crippen LogP contribution in [0.25, 0.3) is 0 Å². The average Bonchev–Trinajstić information content (AvgIpc) is 2.53. The molecular formula is C22H39ClP2Pt. The van der Waals surface area contributed by atoms with Crippen LogP contribution in [0.4, 0.5) is 0 Å². The Morgan fingerprint density at radius 3 is 1.23 bits per heavy atom. The first kappa shape index (κ1) is 27.1. The van der Waals surface area contributed by atoms with E-state index >= 15 is 0 Å². The predicted molar refractivity (Wildman–Crippen MR) is 122 cm³/mol. The fraction of sp³-hybridized carbons (Fsp3) is 0.727. The monoisotopic (exact) mass is 595 g/mol. The molecule has 0 unspecified atom stereocenters. The van der Waals surface area contributed by atoms with E-state index in [1.54, 1.807) is 18.8 Å². The van der Waals surface area contributed by atoms with Crippen molar-refractivity contribution in [2.75, 3.05) is 0 Å². The first-order valence-corrected chi connectivity index (χ1v) is 15.8. The predicted octanol–water partition coefficient (Wildman–Crippen LogP) is 8.39. The molecule has 1 aromatic carbocycles. The molecule has 0 atom stereocenters. The van der Waals surface area contributed by atoms with Crippen molar-refractivity contribution in [3.8, 4) is 0 Å². The zero-order valence-electron chi connectivity index (χ0n) is 18.4. The van der Waals surface area contributed by atoms with Crippen molar-refractivity contribution >= 4 is 25.3 Å². The topological polar surface area (TPSA) is 0 Å². The van der Waals surface area contributed by atoms with Crippen molar-refractivity contribution in [3.63, 3.8) is 0 Å². The Labute approximate surface area is 182 Å². The van der Waals surface area contributed by atoms with Crippen molar-refractivity contribution in [1.82, 2.24) is 0 Å². The van der Waals surface area contributed by atoms with Gasteiger partial charge in [-0.1, -0.05) is 85.1 Å². The minimum atomic E-state index is 0.0356. The third kappa shape index (κ3) is 8.60. The molecule has 154 valence electrons. The molecule has 0 spiro atoms. The summed E-state index contributed by atoms with van der Waals surface area (Å²) in [7, 11) is 4.68. The number of hydrogen-bond donors (Lipinski definition) is 0. The van der Waals surface area contributed by atoms with Gasteiger partial charge in [-0.25, -0.2) is 0 Å². The third-order valence-electron chi connectivity index (χ3n) is 5.02. The van der Waals surface area contributed by atoms with Gasteiger partial charge in [-0.3, -0.25) is 0 Å². The molecule has 1 rings (SSSR count). The van der Waals surface area contributed by atoms with Crippen molar-refractivity contribution in [2.45, 2.75) is 104 Å². The molecule has 26 heavy (non-hydrogen) atoms. The summed E-state index contributed by atoms with van der Waals surface area (Å²) in [6.07, 6.45) is 2.48. The molecule has 0 saturated carbocycles. The summed E-state index contributed by atoms with van der Waals surface area (Å²) in [6, 6.07) is 6.31. The number of hydrogen-bond acceptors (Lipinski definition) is 0. The van der Waals surface area contributed by atoms with E-state index in [0.29, 0.717) is 0 Å². The Balaban J connectivity index is 0.00000301. The van der Waals surface area contributed by atoms with Gasteiger partial charge in [0.25, 0.3) is 0 Å². The van der Waals surface area contributed by atoms with E-state index in [-0.39, 0.29) is 15.8 Å². The van der Waals surface area contributed by atoms with E-state index in [2.05, 4.69) is 90.8 Å². The molecule has 0 heterocycles. The van der Waals surface area contributed by atoms with E-state index in [4.69, 9.17) is 0 Å². The van der Waals surface area contributed by atoms with Crippen molar-refractivity contribution in [2.24, 2.45) is 0 Å². The van der Waals surface area contributed by atoms with Gasteiger partial charge in [0.05, 0.1) is 0 Å². The Bertz CT molecular complexity index is 468. The molecule has 4 heteroatoms. The molecule has 0 aromatic heterocycles. The van der Waals surface area contributed by atoms with E-state index in [1.165, 1.54) is 34.6 Å². The van der Waals surface area contributed by atoms with Gasteiger partial charge >= 0.3 is 28.2 Å². The first-order valence-electron chi connectivity index (χ1n) is 9.69. The summed E-state index contributed by atoms with van der Waals surface area (Å²) < 4.78 is 0. The van der Waals surface area contributed by atoms with Crippen LogP contribution >= 0.6 is 25.3 Å². The van der Waals surface area contributed by atoms with Crippen LogP contribution in [-0.2, 0) is 31.1 Å². The third-order valence-corrected chi connectivity index (χ3v) is 11.7. The second-order valence-corrected chi connectivity index (χ2v) is 15.1. The van der Waals surface area contributed by atoms with Crippen LogP contribution in [0.1, 0.15) is 77.6 Å². The molecular weight excluding hydrogens is 557 g/mol. The van der Waals surface area contributed by atoms with E-state index in [1.807, 2.05) is 0 Å². The number of rotatable bonds is 8. The molecule has 0 nitrogen and oxygen atoms in total. The number of aryl methyl sites for hydroxylation is 2. The van der Waals surface area contributed by atoms with Crippen LogP contribution < -0.4 is 0 Å². The van der Waals surface area contributed by atoms with Gasteiger partial charge in [-0.2, -0.15) is 34.4 Å². The van der Waals surface area contributed by atoms with Crippen molar-refractivity contribution < 1.29 is 18.8 Å². The van der Waals surface area contributed by atoms with Crippen LogP contribution in [0.15, 0.2) is 6.07 Å². The summed E-state index contributed by atoms with van der Waals surface area (Å²) in [6.45, 7) is 23.7. The number of halogens is 1. The summed E-state index contributed by atoms with van der Waals surface area (Å²) in [5.74, 6) is 0. The zero-order valence-corrected chi connectivity index (χ0v) is 23.2. The molecule has 0 radical (unpaired) electrons. The Kier molecular flexibility index (Phi) is 13.9. The van der Waals surface area contributed by atoms with Crippen molar-refractivity contribution in [1.29, 1.82) is 0 Å². The minimum absolute atomic E-state index is 0.0356. The van der Waals surface area contributed by atoms with E-state index in [0.717, 1.165) is 22.6 Å². The molecule has 1 aromatic rings. The second-order valence-electron chi connectivity index (χ2n) is 8.31. The van der Waals surface area contributed by atoms with Crippen LogP contribution in [0.2, 0.25) is 0 Å². The second kappa shape index (κ2) is 13.3. The summed E-state index contributed by atoms with van der Waals surface area (Å²) in [5, 5.41) is 0. The summed E-state index contributed by atoms with van der Waals surface area (Å²) >= 11 is 1.61. The first-order chi connectivity index (χ1) is 12.0. The van der Waals surface area contributed by atoms with E-state index in [9.17, 15) is 0 Å².